The van der Waals surface area contributed by atoms with Crippen molar-refractivity contribution < 1.29 is 9.59 Å². The summed E-state index contributed by atoms with van der Waals surface area (Å²) >= 11 is 3.45. The molecule has 1 aromatic rings. The summed E-state index contributed by atoms with van der Waals surface area (Å²) in [5.41, 5.74) is 1.71. The molecule has 0 radical (unpaired) electrons. The summed E-state index contributed by atoms with van der Waals surface area (Å²) in [5, 5.41) is 4.26. The number of rotatable bonds is 2. The maximum atomic E-state index is 11.9. The van der Waals surface area contributed by atoms with Crippen molar-refractivity contribution in [2.45, 2.75) is 33.2 Å². The molecule has 0 bridgehead atoms. The van der Waals surface area contributed by atoms with Crippen LogP contribution in [0.5, 0.6) is 0 Å². The molecule has 0 saturated carbocycles. The first-order valence-corrected chi connectivity index (χ1v) is 6.70. The van der Waals surface area contributed by atoms with Crippen LogP contribution in [-0.2, 0) is 23.2 Å². The molecule has 0 atom stereocenters. The van der Waals surface area contributed by atoms with Gasteiger partial charge in [0.1, 0.15) is 0 Å². The Morgan fingerprint density at radius 3 is 2.33 bits per heavy atom. The van der Waals surface area contributed by atoms with Gasteiger partial charge in [-0.2, -0.15) is 5.10 Å². The van der Waals surface area contributed by atoms with Gasteiger partial charge in [-0.05, 0) is 28.8 Å². The fourth-order valence-electron chi connectivity index (χ4n) is 2.21. The highest BCUT2D eigenvalue weighted by Gasteiger charge is 2.31. The third kappa shape index (κ3) is 2.34. The maximum Gasteiger partial charge on any atom is 0.229 e. The van der Waals surface area contributed by atoms with Gasteiger partial charge < -0.3 is 0 Å². The van der Waals surface area contributed by atoms with Crippen LogP contribution in [-0.4, -0.2) is 26.5 Å². The zero-order chi connectivity index (χ0) is 13.4. The summed E-state index contributed by atoms with van der Waals surface area (Å²) in [6.07, 6.45) is 0.889. The van der Waals surface area contributed by atoms with Gasteiger partial charge in [-0.25, -0.2) is 0 Å². The second-order valence-corrected chi connectivity index (χ2v) is 5.65. The quantitative estimate of drug-likeness (QED) is 0.782. The first kappa shape index (κ1) is 13.3. The number of imide groups is 1. The topological polar surface area (TPSA) is 55.2 Å². The Labute approximate surface area is 114 Å². The first-order chi connectivity index (χ1) is 8.40. The van der Waals surface area contributed by atoms with Crippen LogP contribution in [0.4, 0.5) is 0 Å². The van der Waals surface area contributed by atoms with Crippen LogP contribution in [0.15, 0.2) is 4.47 Å². The number of amides is 2. The molecule has 2 heterocycles. The molecule has 6 heteroatoms. The Morgan fingerprint density at radius 2 is 1.89 bits per heavy atom. The van der Waals surface area contributed by atoms with Crippen molar-refractivity contribution in [2.75, 3.05) is 0 Å². The zero-order valence-corrected chi connectivity index (χ0v) is 12.3. The molecule has 2 rings (SSSR count). The number of piperidine rings is 1. The molecular weight excluding hydrogens is 298 g/mol. The number of hydrogen-bond acceptors (Lipinski definition) is 3. The van der Waals surface area contributed by atoms with E-state index in [0.717, 1.165) is 15.9 Å². The van der Waals surface area contributed by atoms with Crippen molar-refractivity contribution in [3.8, 4) is 0 Å². The lowest BCUT2D eigenvalue weighted by atomic mass is 9.98. The summed E-state index contributed by atoms with van der Waals surface area (Å²) in [6, 6.07) is 0. The van der Waals surface area contributed by atoms with Crippen molar-refractivity contribution >= 4 is 27.7 Å². The van der Waals surface area contributed by atoms with Crippen molar-refractivity contribution in [3.63, 3.8) is 0 Å². The van der Waals surface area contributed by atoms with Crippen LogP contribution < -0.4 is 0 Å². The van der Waals surface area contributed by atoms with E-state index in [4.69, 9.17) is 0 Å². The molecule has 5 nitrogen and oxygen atoms in total. The lowest BCUT2D eigenvalue weighted by Gasteiger charge is -2.28. The smallest absolute Gasteiger partial charge is 0.229 e. The van der Waals surface area contributed by atoms with Gasteiger partial charge in [-0.1, -0.05) is 6.92 Å². The predicted molar refractivity (Wildman–Crippen MR) is 69.6 cm³/mol. The molecule has 0 unspecified atom stereocenters. The van der Waals surface area contributed by atoms with E-state index in [9.17, 15) is 9.59 Å². The molecule has 1 saturated heterocycles. The van der Waals surface area contributed by atoms with Crippen LogP contribution in [0.25, 0.3) is 0 Å². The van der Waals surface area contributed by atoms with Gasteiger partial charge in [0.05, 0.1) is 22.4 Å². The van der Waals surface area contributed by atoms with Gasteiger partial charge in [-0.15, -0.1) is 0 Å². The van der Waals surface area contributed by atoms with Crippen LogP contribution in [0.1, 0.15) is 31.2 Å². The Bertz CT molecular complexity index is 492. The molecule has 0 aromatic carbocycles. The minimum atomic E-state index is -0.0931. The van der Waals surface area contributed by atoms with Crippen LogP contribution in [0, 0.1) is 12.8 Å². The Morgan fingerprint density at radius 1 is 1.33 bits per heavy atom. The summed E-state index contributed by atoms with van der Waals surface area (Å²) in [4.78, 5) is 25.2. The fourth-order valence-corrected chi connectivity index (χ4v) is 2.67. The average Bonchev–Trinajstić information content (AvgIpc) is 2.48. The third-order valence-corrected chi connectivity index (χ3v) is 4.25. The zero-order valence-electron chi connectivity index (χ0n) is 10.7. The van der Waals surface area contributed by atoms with Gasteiger partial charge in [0.2, 0.25) is 11.8 Å². The predicted octanol–water partition coefficient (Wildman–Crippen LogP) is 1.78. The second kappa shape index (κ2) is 4.84. The number of nitrogens with zero attached hydrogens (tertiary/aromatic N) is 3. The van der Waals surface area contributed by atoms with E-state index in [1.54, 1.807) is 4.68 Å². The van der Waals surface area contributed by atoms with Gasteiger partial charge in [0.15, 0.2) is 0 Å². The van der Waals surface area contributed by atoms with Crippen molar-refractivity contribution in [3.05, 3.63) is 15.9 Å². The van der Waals surface area contributed by atoms with Gasteiger partial charge in [-0.3, -0.25) is 19.2 Å². The van der Waals surface area contributed by atoms with E-state index in [0.29, 0.717) is 19.4 Å². The molecular formula is C12H16BrN3O2. The summed E-state index contributed by atoms with van der Waals surface area (Å²) < 4.78 is 2.57. The SMILES string of the molecule is Cc1nn(C)c(CN2C(=O)CC(C)CC2=O)c1Br. The number of hydrogen-bond donors (Lipinski definition) is 0. The molecule has 1 aliphatic rings. The van der Waals surface area contributed by atoms with Gasteiger partial charge in [0.25, 0.3) is 0 Å². The molecule has 1 aliphatic heterocycles. The molecule has 1 aromatic heterocycles. The fraction of sp³-hybridized carbons (Fsp3) is 0.583. The minimum Gasteiger partial charge on any atom is -0.277 e. The number of aryl methyl sites for hydroxylation is 2. The van der Waals surface area contributed by atoms with E-state index in [2.05, 4.69) is 21.0 Å². The summed E-state index contributed by atoms with van der Waals surface area (Å²) in [7, 11) is 1.81. The van der Waals surface area contributed by atoms with E-state index in [1.807, 2.05) is 20.9 Å². The van der Waals surface area contributed by atoms with E-state index in [-0.39, 0.29) is 17.7 Å². The van der Waals surface area contributed by atoms with Crippen LogP contribution >= 0.6 is 15.9 Å². The maximum absolute atomic E-state index is 11.9. The molecule has 2 amide bonds. The first-order valence-electron chi connectivity index (χ1n) is 5.91. The second-order valence-electron chi connectivity index (χ2n) is 4.86. The largest absolute Gasteiger partial charge is 0.277 e. The highest BCUT2D eigenvalue weighted by Crippen LogP contribution is 2.25. The minimum absolute atomic E-state index is 0.0931. The standard InChI is InChI=1S/C12H16BrN3O2/c1-7-4-10(17)16(11(18)5-7)6-9-12(13)8(2)14-15(9)3/h7H,4-6H2,1-3H3. The highest BCUT2D eigenvalue weighted by atomic mass is 79.9. The van der Waals surface area contributed by atoms with Crippen LogP contribution in [0.3, 0.4) is 0 Å². The third-order valence-electron chi connectivity index (χ3n) is 3.22. The molecule has 98 valence electrons. The van der Waals surface area contributed by atoms with E-state index < -0.39 is 0 Å². The summed E-state index contributed by atoms with van der Waals surface area (Å²) in [5.74, 6) is -0.0352. The lowest BCUT2D eigenvalue weighted by Crippen LogP contribution is -2.42. The average molecular weight is 314 g/mol. The van der Waals surface area contributed by atoms with Crippen molar-refractivity contribution in [2.24, 2.45) is 13.0 Å². The molecule has 1 fully saturated rings. The number of halogens is 1. The number of carbonyl (C=O) groups excluding carboxylic acids is 2. The normalized spacial score (nSPS) is 17.7. The van der Waals surface area contributed by atoms with E-state index in [1.165, 1.54) is 4.90 Å². The van der Waals surface area contributed by atoms with Crippen LogP contribution in [0.2, 0.25) is 0 Å². The Balaban J connectivity index is 2.23. The molecule has 0 spiro atoms. The monoisotopic (exact) mass is 313 g/mol. The molecule has 0 aliphatic carbocycles. The Hall–Kier alpha value is -1.17. The lowest BCUT2D eigenvalue weighted by molar-refractivity contribution is -0.150. The molecule has 0 N–H and O–H groups in total. The van der Waals surface area contributed by atoms with E-state index >= 15 is 0 Å². The van der Waals surface area contributed by atoms with Gasteiger partial charge >= 0.3 is 0 Å². The molecule has 18 heavy (non-hydrogen) atoms. The highest BCUT2D eigenvalue weighted by molar-refractivity contribution is 9.10. The van der Waals surface area contributed by atoms with Gasteiger partial charge in [0, 0.05) is 19.9 Å². The summed E-state index contributed by atoms with van der Waals surface area (Å²) in [6.45, 7) is 4.11. The van der Waals surface area contributed by atoms with Crippen molar-refractivity contribution in [1.29, 1.82) is 0 Å². The Kier molecular flexibility index (Phi) is 3.56. The number of likely N-dealkylation sites (tertiary alicyclic amines) is 1. The number of aromatic nitrogens is 2. The number of carbonyl (C=O) groups is 2. The van der Waals surface area contributed by atoms with Crippen molar-refractivity contribution in [1.82, 2.24) is 14.7 Å².